The summed E-state index contributed by atoms with van der Waals surface area (Å²) in [5, 5.41) is 10.5. The molecule has 160 valence electrons. The van der Waals surface area contributed by atoms with Gasteiger partial charge in [-0.15, -0.1) is 0 Å². The van der Waals surface area contributed by atoms with Gasteiger partial charge in [0.15, 0.2) is 22.1 Å². The van der Waals surface area contributed by atoms with Crippen LogP contribution in [0.4, 0.5) is 5.69 Å². The smallest absolute Gasteiger partial charge is 0.251 e. The highest BCUT2D eigenvalue weighted by Gasteiger charge is 2.42. The number of hydrogen-bond acceptors (Lipinski definition) is 5. The molecule has 3 aromatic rings. The van der Waals surface area contributed by atoms with Gasteiger partial charge < -0.3 is 14.8 Å². The number of carbonyl (C=O) groups excluding carboxylic acids is 1. The number of halogens is 1. The van der Waals surface area contributed by atoms with Crippen LogP contribution in [0.3, 0.4) is 0 Å². The Hall–Kier alpha value is -2.84. The molecular weight excluding hydrogens is 436 g/mol. The molecule has 1 fully saturated rings. The fourth-order valence-corrected chi connectivity index (χ4v) is 4.42. The lowest BCUT2D eigenvalue weighted by molar-refractivity contribution is -0.116. The molecule has 2 aromatic carbocycles. The molecule has 0 saturated heterocycles. The number of nitrogens with one attached hydrogen (secondary N) is 2. The number of aromatic amines is 1. The number of benzene rings is 2. The monoisotopic (exact) mass is 456 g/mol. The van der Waals surface area contributed by atoms with E-state index in [2.05, 4.69) is 15.5 Å². The zero-order valence-electron chi connectivity index (χ0n) is 16.7. The average Bonchev–Trinajstić information content (AvgIpc) is 3.29. The van der Waals surface area contributed by atoms with E-state index in [-0.39, 0.29) is 12.5 Å². The van der Waals surface area contributed by atoms with Crippen molar-refractivity contribution in [2.45, 2.75) is 44.4 Å². The van der Waals surface area contributed by atoms with Gasteiger partial charge in [-0.05, 0) is 61.5 Å². The number of ether oxygens (including phenoxy) is 2. The summed E-state index contributed by atoms with van der Waals surface area (Å²) in [7, 11) is 0. The average molecular weight is 457 g/mol. The highest BCUT2D eigenvalue weighted by atomic mass is 35.5. The van der Waals surface area contributed by atoms with E-state index in [1.807, 2.05) is 30.3 Å². The summed E-state index contributed by atoms with van der Waals surface area (Å²) in [6.45, 7) is 0.0195. The fraction of sp³-hybridized carbons (Fsp3) is 0.318. The van der Waals surface area contributed by atoms with Crippen molar-refractivity contribution in [3.63, 3.8) is 0 Å². The van der Waals surface area contributed by atoms with Crippen LogP contribution in [0.25, 0.3) is 11.4 Å². The molecule has 0 atom stereocenters. The second kappa shape index (κ2) is 8.01. The molecule has 2 aliphatic rings. The lowest BCUT2D eigenvalue weighted by Gasteiger charge is -2.31. The Bertz CT molecular complexity index is 1180. The van der Waals surface area contributed by atoms with Crippen molar-refractivity contribution >= 4 is 35.4 Å². The predicted octanol–water partition coefficient (Wildman–Crippen LogP) is 5.33. The normalized spacial score (nSPS) is 16.4. The fourth-order valence-electron chi connectivity index (χ4n) is 4.09. The topological polar surface area (TPSA) is 81.2 Å². The van der Waals surface area contributed by atoms with Crippen LogP contribution >= 0.6 is 23.8 Å². The number of amides is 1. The molecule has 1 amide bonds. The maximum absolute atomic E-state index is 12.8. The van der Waals surface area contributed by atoms with Crippen LogP contribution in [0.15, 0.2) is 42.5 Å². The second-order valence-corrected chi connectivity index (χ2v) is 8.65. The molecule has 7 nitrogen and oxygen atoms in total. The molecule has 2 heterocycles. The Balaban J connectivity index is 1.31. The van der Waals surface area contributed by atoms with Crippen LogP contribution in [-0.4, -0.2) is 26.5 Å². The Morgan fingerprint density at radius 3 is 2.65 bits per heavy atom. The van der Waals surface area contributed by atoms with Crippen molar-refractivity contribution in [1.29, 1.82) is 0 Å². The van der Waals surface area contributed by atoms with Crippen molar-refractivity contribution in [1.82, 2.24) is 14.8 Å². The number of aromatic nitrogens is 3. The van der Waals surface area contributed by atoms with E-state index in [1.54, 1.807) is 16.7 Å². The molecule has 2 N–H and O–H groups in total. The maximum atomic E-state index is 12.8. The van der Waals surface area contributed by atoms with Crippen molar-refractivity contribution in [3.05, 3.63) is 52.3 Å². The highest BCUT2D eigenvalue weighted by Crippen LogP contribution is 2.46. The van der Waals surface area contributed by atoms with Crippen molar-refractivity contribution in [3.8, 4) is 22.9 Å². The van der Waals surface area contributed by atoms with Gasteiger partial charge in [-0.25, -0.2) is 0 Å². The quantitative estimate of drug-likeness (QED) is 0.518. The summed E-state index contributed by atoms with van der Waals surface area (Å²) in [6.07, 6.45) is 5.17. The van der Waals surface area contributed by atoms with Gasteiger partial charge in [0.25, 0.3) is 5.79 Å². The molecular formula is C22H21ClN4O3S. The molecule has 1 saturated carbocycles. The Kier molecular flexibility index (Phi) is 5.19. The number of carbonyl (C=O) groups is 1. The Morgan fingerprint density at radius 2 is 1.87 bits per heavy atom. The Morgan fingerprint density at radius 1 is 1.13 bits per heavy atom. The van der Waals surface area contributed by atoms with Gasteiger partial charge in [0.1, 0.15) is 6.54 Å². The van der Waals surface area contributed by atoms with E-state index in [0.29, 0.717) is 27.1 Å². The maximum Gasteiger partial charge on any atom is 0.251 e. The van der Waals surface area contributed by atoms with Crippen molar-refractivity contribution in [2.24, 2.45) is 0 Å². The number of fused-ring (bicyclic) bond motifs is 1. The van der Waals surface area contributed by atoms with E-state index >= 15 is 0 Å². The van der Waals surface area contributed by atoms with Crippen LogP contribution in [0, 0.1) is 4.77 Å². The standard InChI is InChI=1S/C22H21ClN4O3S/c23-15-6-4-14(5-7-15)20-25-26-21(31)27(20)13-19(28)24-16-8-9-17-18(12-16)30-22(29-17)10-2-1-3-11-22/h4-9,12H,1-3,10-11,13H2,(H,24,28)(H,26,31). The van der Waals surface area contributed by atoms with Crippen LogP contribution in [0.5, 0.6) is 11.5 Å². The molecule has 0 radical (unpaired) electrons. The first-order valence-corrected chi connectivity index (χ1v) is 11.0. The number of rotatable bonds is 4. The zero-order chi connectivity index (χ0) is 21.4. The molecule has 0 bridgehead atoms. The van der Waals surface area contributed by atoms with E-state index in [0.717, 1.165) is 37.0 Å². The lowest BCUT2D eigenvalue weighted by atomic mass is 9.94. The molecule has 31 heavy (non-hydrogen) atoms. The zero-order valence-corrected chi connectivity index (χ0v) is 18.3. The largest absolute Gasteiger partial charge is 0.448 e. The highest BCUT2D eigenvalue weighted by molar-refractivity contribution is 7.71. The van der Waals surface area contributed by atoms with Gasteiger partial charge in [-0.1, -0.05) is 18.0 Å². The van der Waals surface area contributed by atoms with Gasteiger partial charge in [0, 0.05) is 35.2 Å². The lowest BCUT2D eigenvalue weighted by Crippen LogP contribution is -2.40. The van der Waals surface area contributed by atoms with Gasteiger partial charge in [-0.3, -0.25) is 14.5 Å². The van der Waals surface area contributed by atoms with Gasteiger partial charge in [0.2, 0.25) is 5.91 Å². The third kappa shape index (κ3) is 4.05. The summed E-state index contributed by atoms with van der Waals surface area (Å²) in [5.41, 5.74) is 1.45. The first kappa shape index (κ1) is 20.1. The van der Waals surface area contributed by atoms with Crippen molar-refractivity contribution in [2.75, 3.05) is 5.32 Å². The van der Waals surface area contributed by atoms with Gasteiger partial charge in [-0.2, -0.15) is 5.10 Å². The van der Waals surface area contributed by atoms with E-state index in [4.69, 9.17) is 33.3 Å². The summed E-state index contributed by atoms with van der Waals surface area (Å²) >= 11 is 11.3. The first-order chi connectivity index (χ1) is 15.0. The summed E-state index contributed by atoms with van der Waals surface area (Å²) < 4.78 is 14.3. The number of nitrogens with zero attached hydrogens (tertiary/aromatic N) is 2. The van der Waals surface area contributed by atoms with Crippen LogP contribution < -0.4 is 14.8 Å². The third-order valence-corrected chi connectivity index (χ3v) is 6.16. The number of hydrogen-bond donors (Lipinski definition) is 2. The van der Waals surface area contributed by atoms with E-state index in [9.17, 15) is 4.79 Å². The number of H-pyrrole nitrogens is 1. The van der Waals surface area contributed by atoms with Crippen LogP contribution in [0.1, 0.15) is 32.1 Å². The summed E-state index contributed by atoms with van der Waals surface area (Å²) in [4.78, 5) is 12.8. The minimum atomic E-state index is -0.541. The minimum absolute atomic E-state index is 0.0195. The minimum Gasteiger partial charge on any atom is -0.448 e. The molecule has 0 unspecified atom stereocenters. The first-order valence-electron chi connectivity index (χ1n) is 10.2. The predicted molar refractivity (Wildman–Crippen MR) is 120 cm³/mol. The van der Waals surface area contributed by atoms with Gasteiger partial charge >= 0.3 is 0 Å². The molecule has 1 aliphatic carbocycles. The van der Waals surface area contributed by atoms with Crippen molar-refractivity contribution < 1.29 is 14.3 Å². The Labute approximate surface area is 189 Å². The van der Waals surface area contributed by atoms with Crippen LogP contribution in [0.2, 0.25) is 5.02 Å². The summed E-state index contributed by atoms with van der Waals surface area (Å²) in [5.74, 6) is 1.20. The molecule has 9 heteroatoms. The SMILES string of the molecule is O=C(Cn1c(-c2ccc(Cl)cc2)n[nH]c1=S)Nc1ccc2c(c1)OC1(CCCCC1)O2. The molecule has 1 aliphatic heterocycles. The second-order valence-electron chi connectivity index (χ2n) is 7.83. The molecule has 5 rings (SSSR count). The third-order valence-electron chi connectivity index (χ3n) is 5.60. The summed E-state index contributed by atoms with van der Waals surface area (Å²) in [6, 6.07) is 12.7. The molecule has 1 aromatic heterocycles. The van der Waals surface area contributed by atoms with Crippen LogP contribution in [-0.2, 0) is 11.3 Å². The molecule has 1 spiro atoms. The van der Waals surface area contributed by atoms with E-state index in [1.165, 1.54) is 6.42 Å². The number of anilines is 1. The van der Waals surface area contributed by atoms with Gasteiger partial charge in [0.05, 0.1) is 0 Å². The van der Waals surface area contributed by atoms with E-state index < -0.39 is 5.79 Å².